The second-order valence-corrected chi connectivity index (χ2v) is 10.1. The fourth-order valence-electron chi connectivity index (χ4n) is 4.81. The number of pyridine rings is 1. The van der Waals surface area contributed by atoms with Gasteiger partial charge in [-0.3, -0.25) is 4.79 Å². The van der Waals surface area contributed by atoms with Crippen molar-refractivity contribution >= 4 is 11.6 Å². The van der Waals surface area contributed by atoms with Crippen LogP contribution in [0.3, 0.4) is 0 Å². The molecule has 0 bridgehead atoms. The number of benzene rings is 3. The maximum Gasteiger partial charge on any atom is 0.253 e. The van der Waals surface area contributed by atoms with Crippen molar-refractivity contribution in [2.75, 3.05) is 13.6 Å². The van der Waals surface area contributed by atoms with E-state index in [-0.39, 0.29) is 5.91 Å². The second-order valence-electron chi connectivity index (χ2n) is 10.1. The van der Waals surface area contributed by atoms with Gasteiger partial charge in [-0.15, -0.1) is 0 Å². The molecule has 2 heterocycles. The van der Waals surface area contributed by atoms with Crippen LogP contribution >= 0.6 is 0 Å². The van der Waals surface area contributed by atoms with Gasteiger partial charge in [0, 0.05) is 38.0 Å². The molecule has 0 aliphatic carbocycles. The van der Waals surface area contributed by atoms with Gasteiger partial charge in [0.1, 0.15) is 5.65 Å². The van der Waals surface area contributed by atoms with Crippen molar-refractivity contribution in [3.8, 4) is 22.3 Å². The number of carbonyl (C=O) groups is 1. The highest BCUT2D eigenvalue weighted by atomic mass is 16.2. The van der Waals surface area contributed by atoms with E-state index in [9.17, 15) is 4.79 Å². The summed E-state index contributed by atoms with van der Waals surface area (Å²) in [6.07, 6.45) is 5.81. The molecule has 186 valence electrons. The van der Waals surface area contributed by atoms with Crippen LogP contribution in [0.1, 0.15) is 35.5 Å². The van der Waals surface area contributed by atoms with Crippen LogP contribution in [0.5, 0.6) is 0 Å². The highest BCUT2D eigenvalue weighted by molar-refractivity contribution is 5.96. The number of nitrogens with zero attached hydrogens (tertiary/aromatic N) is 3. The summed E-state index contributed by atoms with van der Waals surface area (Å²) in [5.74, 6) is 0.650. The number of amides is 1. The molecule has 0 saturated heterocycles. The SMILES string of the molecule is CC(C)Cc1ccc(-c2ccccc2-c2cccc(C(=O)N(C)CCc3cn4ccccc4n3)c2)cc1. The lowest BCUT2D eigenvalue weighted by Gasteiger charge is -2.17. The van der Waals surface area contributed by atoms with Gasteiger partial charge in [0.2, 0.25) is 0 Å². The summed E-state index contributed by atoms with van der Waals surface area (Å²) in [6.45, 7) is 5.09. The lowest BCUT2D eigenvalue weighted by molar-refractivity contribution is 0.0796. The summed E-state index contributed by atoms with van der Waals surface area (Å²) >= 11 is 0. The normalized spacial score (nSPS) is 11.2. The van der Waals surface area contributed by atoms with Gasteiger partial charge in [-0.25, -0.2) is 4.98 Å². The van der Waals surface area contributed by atoms with Crippen LogP contribution in [-0.4, -0.2) is 33.8 Å². The molecule has 0 N–H and O–H groups in total. The molecule has 4 heteroatoms. The van der Waals surface area contributed by atoms with Gasteiger partial charge in [0.25, 0.3) is 5.91 Å². The van der Waals surface area contributed by atoms with Crippen molar-refractivity contribution in [1.29, 1.82) is 0 Å². The number of fused-ring (bicyclic) bond motifs is 1. The first-order chi connectivity index (χ1) is 18.0. The van der Waals surface area contributed by atoms with Crippen LogP contribution in [0, 0.1) is 5.92 Å². The van der Waals surface area contributed by atoms with E-state index in [0.29, 0.717) is 24.4 Å². The van der Waals surface area contributed by atoms with E-state index in [1.807, 2.05) is 60.2 Å². The van der Waals surface area contributed by atoms with Gasteiger partial charge in [-0.05, 0) is 64.4 Å². The average Bonchev–Trinajstić information content (AvgIpc) is 3.35. The van der Waals surface area contributed by atoms with E-state index in [4.69, 9.17) is 0 Å². The van der Waals surface area contributed by atoms with Crippen molar-refractivity contribution in [2.24, 2.45) is 5.92 Å². The summed E-state index contributed by atoms with van der Waals surface area (Å²) in [7, 11) is 1.86. The molecule has 0 unspecified atom stereocenters. The molecule has 0 aliphatic rings. The van der Waals surface area contributed by atoms with E-state index in [0.717, 1.165) is 28.9 Å². The minimum Gasteiger partial charge on any atom is -0.341 e. The Balaban J connectivity index is 1.34. The number of hydrogen-bond donors (Lipinski definition) is 0. The van der Waals surface area contributed by atoms with Crippen LogP contribution in [0.2, 0.25) is 0 Å². The van der Waals surface area contributed by atoms with Crippen LogP contribution in [0.15, 0.2) is 103 Å². The first-order valence-corrected chi connectivity index (χ1v) is 12.9. The Hall–Kier alpha value is -4.18. The largest absolute Gasteiger partial charge is 0.341 e. The molecule has 0 radical (unpaired) electrons. The van der Waals surface area contributed by atoms with E-state index in [1.165, 1.54) is 16.7 Å². The predicted molar refractivity (Wildman–Crippen MR) is 152 cm³/mol. The van der Waals surface area contributed by atoms with Gasteiger partial charge in [-0.1, -0.05) is 80.6 Å². The number of imidazole rings is 1. The fraction of sp³-hybridized carbons (Fsp3) is 0.212. The van der Waals surface area contributed by atoms with Crippen molar-refractivity contribution in [3.05, 3.63) is 120 Å². The number of hydrogen-bond acceptors (Lipinski definition) is 2. The summed E-state index contributed by atoms with van der Waals surface area (Å²) in [6, 6.07) is 31.2. The lowest BCUT2D eigenvalue weighted by atomic mass is 9.92. The molecular formula is C33H33N3O. The second kappa shape index (κ2) is 10.8. The molecule has 5 aromatic rings. The topological polar surface area (TPSA) is 37.6 Å². The van der Waals surface area contributed by atoms with E-state index >= 15 is 0 Å². The van der Waals surface area contributed by atoms with Crippen LogP contribution < -0.4 is 0 Å². The predicted octanol–water partition coefficient (Wildman–Crippen LogP) is 7.18. The molecule has 3 aromatic carbocycles. The zero-order valence-electron chi connectivity index (χ0n) is 21.8. The summed E-state index contributed by atoms with van der Waals surface area (Å²) in [5, 5.41) is 0. The van der Waals surface area contributed by atoms with Gasteiger partial charge < -0.3 is 9.30 Å². The zero-order chi connectivity index (χ0) is 25.8. The maximum absolute atomic E-state index is 13.3. The molecule has 37 heavy (non-hydrogen) atoms. The Morgan fingerprint density at radius 3 is 2.32 bits per heavy atom. The molecular weight excluding hydrogens is 454 g/mol. The highest BCUT2D eigenvalue weighted by Crippen LogP contribution is 2.33. The molecule has 0 fully saturated rings. The minimum absolute atomic E-state index is 0.0149. The van der Waals surface area contributed by atoms with Crippen LogP contribution in [0.25, 0.3) is 27.9 Å². The van der Waals surface area contributed by atoms with Crippen molar-refractivity contribution in [1.82, 2.24) is 14.3 Å². The van der Waals surface area contributed by atoms with Gasteiger partial charge >= 0.3 is 0 Å². The van der Waals surface area contributed by atoms with Crippen molar-refractivity contribution in [2.45, 2.75) is 26.7 Å². The van der Waals surface area contributed by atoms with Crippen molar-refractivity contribution < 1.29 is 4.79 Å². The Bertz CT molecular complexity index is 1480. The standard InChI is InChI=1S/C33H33N3O/c1-24(2)21-25-14-16-26(17-15-25)30-11-4-5-12-31(30)27-9-8-10-28(22-27)33(37)35(3)20-18-29-23-36-19-7-6-13-32(36)34-29/h4-17,19,22-24H,18,20-21H2,1-3H3. The van der Waals surface area contributed by atoms with Gasteiger partial charge in [0.05, 0.1) is 5.69 Å². The number of aromatic nitrogens is 2. The first-order valence-electron chi connectivity index (χ1n) is 12.9. The number of likely N-dealkylation sites (N-methyl/N-ethyl adjacent to an activating group) is 1. The molecule has 2 aromatic heterocycles. The summed E-state index contributed by atoms with van der Waals surface area (Å²) in [5.41, 5.74) is 8.48. The van der Waals surface area contributed by atoms with Crippen LogP contribution in [-0.2, 0) is 12.8 Å². The molecule has 0 saturated carbocycles. The fourth-order valence-corrected chi connectivity index (χ4v) is 4.81. The summed E-state index contributed by atoms with van der Waals surface area (Å²) in [4.78, 5) is 19.7. The molecule has 4 nitrogen and oxygen atoms in total. The highest BCUT2D eigenvalue weighted by Gasteiger charge is 2.15. The van der Waals surface area contributed by atoms with Gasteiger partial charge in [0.15, 0.2) is 0 Å². The molecule has 0 aliphatic heterocycles. The monoisotopic (exact) mass is 487 g/mol. The van der Waals surface area contributed by atoms with Gasteiger partial charge in [-0.2, -0.15) is 0 Å². The Kier molecular flexibility index (Phi) is 7.18. The Morgan fingerprint density at radius 1 is 0.865 bits per heavy atom. The maximum atomic E-state index is 13.3. The third-order valence-electron chi connectivity index (χ3n) is 6.72. The smallest absolute Gasteiger partial charge is 0.253 e. The number of carbonyl (C=O) groups excluding carboxylic acids is 1. The number of rotatable bonds is 8. The quantitative estimate of drug-likeness (QED) is 0.232. The zero-order valence-corrected chi connectivity index (χ0v) is 21.8. The molecule has 5 rings (SSSR count). The Morgan fingerprint density at radius 2 is 1.59 bits per heavy atom. The van der Waals surface area contributed by atoms with E-state index in [1.54, 1.807) is 4.90 Å². The lowest BCUT2D eigenvalue weighted by Crippen LogP contribution is -2.28. The third-order valence-corrected chi connectivity index (χ3v) is 6.72. The minimum atomic E-state index is 0.0149. The average molecular weight is 488 g/mol. The molecule has 1 amide bonds. The van der Waals surface area contributed by atoms with Crippen LogP contribution in [0.4, 0.5) is 0 Å². The molecule has 0 spiro atoms. The third kappa shape index (κ3) is 5.64. The Labute approximate surface area is 219 Å². The van der Waals surface area contributed by atoms with E-state index < -0.39 is 0 Å². The summed E-state index contributed by atoms with van der Waals surface area (Å²) < 4.78 is 2.01. The van der Waals surface area contributed by atoms with Crippen molar-refractivity contribution in [3.63, 3.8) is 0 Å². The van der Waals surface area contributed by atoms with E-state index in [2.05, 4.69) is 73.4 Å². The molecule has 0 atom stereocenters. The first kappa shape index (κ1) is 24.5.